The van der Waals surface area contributed by atoms with Crippen LogP contribution in [0.2, 0.25) is 0 Å². The molecular formula is C14H19NO3. The van der Waals surface area contributed by atoms with Gasteiger partial charge in [-0.25, -0.2) is 0 Å². The summed E-state index contributed by atoms with van der Waals surface area (Å²) in [6.45, 7) is 0.708. The summed E-state index contributed by atoms with van der Waals surface area (Å²) in [5, 5.41) is 9.14. The number of aromatic hydroxyl groups is 1. The molecule has 0 amide bonds. The molecule has 0 radical (unpaired) electrons. The molecule has 0 unspecified atom stereocenters. The van der Waals surface area contributed by atoms with E-state index in [1.807, 2.05) is 0 Å². The average molecular weight is 249 g/mol. The molecule has 0 saturated heterocycles. The number of carbonyl (C=O) groups is 1. The SMILES string of the molecule is NC[C@H]1CC[C@H](C(=O)Oc2ccc(O)cc2)CC1. The number of carbonyl (C=O) groups excluding carboxylic acids is 1. The van der Waals surface area contributed by atoms with Crippen molar-refractivity contribution in [2.45, 2.75) is 25.7 Å². The van der Waals surface area contributed by atoms with Crippen molar-refractivity contribution < 1.29 is 14.6 Å². The lowest BCUT2D eigenvalue weighted by Gasteiger charge is -2.26. The van der Waals surface area contributed by atoms with Crippen molar-refractivity contribution >= 4 is 5.97 Å². The third kappa shape index (κ3) is 3.23. The van der Waals surface area contributed by atoms with Gasteiger partial charge < -0.3 is 15.6 Å². The van der Waals surface area contributed by atoms with Crippen LogP contribution >= 0.6 is 0 Å². The first-order valence-corrected chi connectivity index (χ1v) is 6.40. The standard InChI is InChI=1S/C14H19NO3/c15-9-10-1-3-11(4-2-10)14(17)18-13-7-5-12(16)6-8-13/h5-8,10-11,16H,1-4,9,15H2/t10-,11-. The molecule has 2 rings (SSSR count). The lowest BCUT2D eigenvalue weighted by atomic mass is 9.82. The van der Waals surface area contributed by atoms with Crippen LogP contribution in [-0.2, 0) is 4.79 Å². The van der Waals surface area contributed by atoms with E-state index in [9.17, 15) is 4.79 Å². The van der Waals surface area contributed by atoms with Gasteiger partial charge in [-0.1, -0.05) is 0 Å². The van der Waals surface area contributed by atoms with E-state index in [4.69, 9.17) is 15.6 Å². The number of hydrogen-bond acceptors (Lipinski definition) is 4. The average Bonchev–Trinajstić information content (AvgIpc) is 2.41. The second-order valence-electron chi connectivity index (χ2n) is 4.87. The largest absolute Gasteiger partial charge is 0.508 e. The fraction of sp³-hybridized carbons (Fsp3) is 0.500. The molecule has 1 saturated carbocycles. The van der Waals surface area contributed by atoms with E-state index >= 15 is 0 Å². The van der Waals surface area contributed by atoms with Gasteiger partial charge in [0.2, 0.25) is 0 Å². The van der Waals surface area contributed by atoms with Crippen LogP contribution in [0, 0.1) is 11.8 Å². The molecular weight excluding hydrogens is 230 g/mol. The third-order valence-electron chi connectivity index (χ3n) is 3.57. The molecule has 4 nitrogen and oxygen atoms in total. The molecule has 0 spiro atoms. The maximum absolute atomic E-state index is 11.9. The summed E-state index contributed by atoms with van der Waals surface area (Å²) in [5.74, 6) is 1.03. The number of phenolic OH excluding ortho intramolecular Hbond substituents is 1. The van der Waals surface area contributed by atoms with E-state index in [1.54, 1.807) is 12.1 Å². The van der Waals surface area contributed by atoms with E-state index in [1.165, 1.54) is 12.1 Å². The number of phenols is 1. The molecule has 0 heterocycles. The van der Waals surface area contributed by atoms with E-state index in [2.05, 4.69) is 0 Å². The van der Waals surface area contributed by atoms with Gasteiger partial charge in [0.1, 0.15) is 11.5 Å². The minimum absolute atomic E-state index is 0.0124. The molecule has 1 aliphatic carbocycles. The Hall–Kier alpha value is -1.55. The molecule has 1 aliphatic rings. The van der Waals surface area contributed by atoms with Gasteiger partial charge in [-0.2, -0.15) is 0 Å². The Morgan fingerprint density at radius 3 is 2.39 bits per heavy atom. The number of rotatable bonds is 3. The van der Waals surface area contributed by atoms with E-state index in [0.29, 0.717) is 18.2 Å². The molecule has 0 bridgehead atoms. The molecule has 0 atom stereocenters. The minimum Gasteiger partial charge on any atom is -0.508 e. The Morgan fingerprint density at radius 2 is 1.83 bits per heavy atom. The Kier molecular flexibility index (Phi) is 4.20. The van der Waals surface area contributed by atoms with Crippen LogP contribution in [0.4, 0.5) is 0 Å². The van der Waals surface area contributed by atoms with Crippen LogP contribution in [0.15, 0.2) is 24.3 Å². The smallest absolute Gasteiger partial charge is 0.314 e. The second-order valence-corrected chi connectivity index (χ2v) is 4.87. The van der Waals surface area contributed by atoms with Gasteiger partial charge in [-0.05, 0) is 62.4 Å². The van der Waals surface area contributed by atoms with Crippen molar-refractivity contribution in [2.24, 2.45) is 17.6 Å². The second kappa shape index (κ2) is 5.87. The first kappa shape index (κ1) is 12.9. The first-order chi connectivity index (χ1) is 8.69. The van der Waals surface area contributed by atoms with Crippen LogP contribution in [0.1, 0.15) is 25.7 Å². The molecule has 0 aromatic heterocycles. The lowest BCUT2D eigenvalue weighted by molar-refractivity contribution is -0.140. The van der Waals surface area contributed by atoms with Crippen LogP contribution in [-0.4, -0.2) is 17.6 Å². The van der Waals surface area contributed by atoms with Crippen molar-refractivity contribution in [3.8, 4) is 11.5 Å². The van der Waals surface area contributed by atoms with Crippen LogP contribution in [0.3, 0.4) is 0 Å². The van der Waals surface area contributed by atoms with Crippen molar-refractivity contribution in [3.05, 3.63) is 24.3 Å². The molecule has 1 aromatic carbocycles. The zero-order valence-electron chi connectivity index (χ0n) is 10.3. The number of hydrogen-bond donors (Lipinski definition) is 2. The van der Waals surface area contributed by atoms with Gasteiger partial charge in [0.15, 0.2) is 0 Å². The summed E-state index contributed by atoms with van der Waals surface area (Å²) < 4.78 is 5.30. The van der Waals surface area contributed by atoms with Crippen molar-refractivity contribution in [2.75, 3.05) is 6.54 Å². The lowest BCUT2D eigenvalue weighted by Crippen LogP contribution is -2.28. The third-order valence-corrected chi connectivity index (χ3v) is 3.57. The summed E-state index contributed by atoms with van der Waals surface area (Å²) in [4.78, 5) is 11.9. The molecule has 3 N–H and O–H groups in total. The highest BCUT2D eigenvalue weighted by Gasteiger charge is 2.27. The molecule has 0 aliphatic heterocycles. The highest BCUT2D eigenvalue weighted by atomic mass is 16.5. The van der Waals surface area contributed by atoms with Crippen LogP contribution in [0.25, 0.3) is 0 Å². The Labute approximate surface area is 107 Å². The monoisotopic (exact) mass is 249 g/mol. The molecule has 1 aromatic rings. The van der Waals surface area contributed by atoms with Crippen LogP contribution < -0.4 is 10.5 Å². The number of ether oxygens (including phenoxy) is 1. The van der Waals surface area contributed by atoms with Gasteiger partial charge in [0, 0.05) is 0 Å². The summed E-state index contributed by atoms with van der Waals surface area (Å²) in [7, 11) is 0. The molecule has 98 valence electrons. The number of nitrogens with two attached hydrogens (primary N) is 1. The Morgan fingerprint density at radius 1 is 1.22 bits per heavy atom. The van der Waals surface area contributed by atoms with Crippen LogP contribution in [0.5, 0.6) is 11.5 Å². The normalized spacial score (nSPS) is 23.6. The van der Waals surface area contributed by atoms with Crippen molar-refractivity contribution in [1.82, 2.24) is 0 Å². The summed E-state index contributed by atoms with van der Waals surface area (Å²) >= 11 is 0. The van der Waals surface area contributed by atoms with Gasteiger partial charge in [-0.3, -0.25) is 4.79 Å². The van der Waals surface area contributed by atoms with E-state index in [0.717, 1.165) is 25.7 Å². The quantitative estimate of drug-likeness (QED) is 0.635. The highest BCUT2D eigenvalue weighted by molar-refractivity contribution is 5.75. The van der Waals surface area contributed by atoms with Crippen molar-refractivity contribution in [3.63, 3.8) is 0 Å². The fourth-order valence-corrected chi connectivity index (χ4v) is 2.35. The maximum atomic E-state index is 11.9. The van der Waals surface area contributed by atoms with Crippen molar-refractivity contribution in [1.29, 1.82) is 0 Å². The predicted molar refractivity (Wildman–Crippen MR) is 68.2 cm³/mol. The zero-order valence-corrected chi connectivity index (χ0v) is 10.3. The minimum atomic E-state index is -0.170. The topological polar surface area (TPSA) is 72.6 Å². The summed E-state index contributed by atoms with van der Waals surface area (Å²) in [6.07, 6.45) is 3.73. The maximum Gasteiger partial charge on any atom is 0.314 e. The van der Waals surface area contributed by atoms with Gasteiger partial charge in [0.05, 0.1) is 5.92 Å². The zero-order chi connectivity index (χ0) is 13.0. The van der Waals surface area contributed by atoms with Gasteiger partial charge in [-0.15, -0.1) is 0 Å². The van der Waals surface area contributed by atoms with Gasteiger partial charge >= 0.3 is 5.97 Å². The molecule has 18 heavy (non-hydrogen) atoms. The Balaban J connectivity index is 1.87. The van der Waals surface area contributed by atoms with Gasteiger partial charge in [0.25, 0.3) is 0 Å². The predicted octanol–water partition coefficient (Wildman–Crippen LogP) is 2.06. The Bertz CT molecular complexity index is 394. The highest BCUT2D eigenvalue weighted by Crippen LogP contribution is 2.29. The first-order valence-electron chi connectivity index (χ1n) is 6.40. The fourth-order valence-electron chi connectivity index (χ4n) is 2.35. The van der Waals surface area contributed by atoms with E-state index in [-0.39, 0.29) is 17.6 Å². The number of benzene rings is 1. The summed E-state index contributed by atoms with van der Waals surface area (Å²) in [5.41, 5.74) is 5.62. The summed E-state index contributed by atoms with van der Waals surface area (Å²) in [6, 6.07) is 6.21. The molecule has 4 heteroatoms. The van der Waals surface area contributed by atoms with E-state index < -0.39 is 0 Å². The molecule has 1 fully saturated rings. The number of esters is 1.